The number of ketones is 1. The van der Waals surface area contributed by atoms with E-state index in [0.717, 1.165) is 31.2 Å². The number of nitrogens with two attached hydrogens (primary N) is 1. The van der Waals surface area contributed by atoms with E-state index < -0.39 is 0 Å². The normalized spacial score (nSPS) is 17.8. The van der Waals surface area contributed by atoms with Gasteiger partial charge in [-0.05, 0) is 29.2 Å². The maximum Gasteiger partial charge on any atom is 0.139 e. The Balaban J connectivity index is 1.74. The first-order chi connectivity index (χ1) is 10.2. The summed E-state index contributed by atoms with van der Waals surface area (Å²) in [6, 6.07) is 14.4. The van der Waals surface area contributed by atoms with Crippen molar-refractivity contribution in [2.24, 2.45) is 5.73 Å². The molecule has 21 heavy (non-hydrogen) atoms. The van der Waals surface area contributed by atoms with Crippen molar-refractivity contribution in [2.75, 3.05) is 0 Å². The average molecular weight is 281 g/mol. The molecule has 1 fully saturated rings. The van der Waals surface area contributed by atoms with Gasteiger partial charge in [0.15, 0.2) is 0 Å². The molecule has 1 saturated carbocycles. The van der Waals surface area contributed by atoms with Crippen molar-refractivity contribution in [3.63, 3.8) is 0 Å². The SMILES string of the molecule is NC1(CC(=O)Cc2cccc3ccccc23)CCCCC1. The summed E-state index contributed by atoms with van der Waals surface area (Å²) in [5.74, 6) is 0.274. The van der Waals surface area contributed by atoms with Crippen molar-refractivity contribution in [3.05, 3.63) is 48.0 Å². The minimum atomic E-state index is -0.250. The molecule has 0 atom stereocenters. The van der Waals surface area contributed by atoms with E-state index in [0.29, 0.717) is 12.8 Å². The lowest BCUT2D eigenvalue weighted by Gasteiger charge is -2.32. The second-order valence-electron chi connectivity index (χ2n) is 6.45. The summed E-state index contributed by atoms with van der Waals surface area (Å²) in [6.07, 6.45) is 6.60. The van der Waals surface area contributed by atoms with Crippen LogP contribution in [0.2, 0.25) is 0 Å². The van der Waals surface area contributed by atoms with E-state index in [1.165, 1.54) is 17.2 Å². The minimum absolute atomic E-state index is 0.250. The molecule has 2 aromatic carbocycles. The monoisotopic (exact) mass is 281 g/mol. The predicted molar refractivity (Wildman–Crippen MR) is 87.3 cm³/mol. The van der Waals surface area contributed by atoms with Gasteiger partial charge < -0.3 is 5.73 Å². The second-order valence-corrected chi connectivity index (χ2v) is 6.45. The number of Topliss-reactive ketones (excluding diaryl/α,β-unsaturated/α-hetero) is 1. The molecule has 0 spiro atoms. The van der Waals surface area contributed by atoms with Gasteiger partial charge in [0.1, 0.15) is 5.78 Å². The lowest BCUT2D eigenvalue weighted by Crippen LogP contribution is -2.43. The van der Waals surface area contributed by atoms with E-state index in [9.17, 15) is 4.79 Å². The molecule has 0 aromatic heterocycles. The van der Waals surface area contributed by atoms with Gasteiger partial charge >= 0.3 is 0 Å². The minimum Gasteiger partial charge on any atom is -0.325 e. The zero-order valence-corrected chi connectivity index (χ0v) is 12.5. The van der Waals surface area contributed by atoms with Gasteiger partial charge in [-0.15, -0.1) is 0 Å². The predicted octanol–water partition coefficient (Wildman–Crippen LogP) is 4.00. The molecule has 0 radical (unpaired) electrons. The number of hydrogen-bond acceptors (Lipinski definition) is 2. The molecule has 0 saturated heterocycles. The van der Waals surface area contributed by atoms with Crippen LogP contribution in [-0.2, 0) is 11.2 Å². The van der Waals surface area contributed by atoms with Crippen LogP contribution in [0.3, 0.4) is 0 Å². The Labute approximate surface area is 126 Å². The Bertz CT molecular complexity index is 636. The molecule has 1 aliphatic rings. The topological polar surface area (TPSA) is 43.1 Å². The van der Waals surface area contributed by atoms with Crippen molar-refractivity contribution in [1.29, 1.82) is 0 Å². The zero-order valence-electron chi connectivity index (χ0n) is 12.5. The maximum atomic E-state index is 12.4. The van der Waals surface area contributed by atoms with Crippen molar-refractivity contribution < 1.29 is 4.79 Å². The quantitative estimate of drug-likeness (QED) is 0.920. The van der Waals surface area contributed by atoms with E-state index in [1.54, 1.807) is 0 Å². The van der Waals surface area contributed by atoms with Crippen LogP contribution in [0.1, 0.15) is 44.1 Å². The van der Waals surface area contributed by atoms with Crippen LogP contribution >= 0.6 is 0 Å². The first-order valence-electron chi connectivity index (χ1n) is 7.94. The molecule has 2 aromatic rings. The van der Waals surface area contributed by atoms with E-state index >= 15 is 0 Å². The van der Waals surface area contributed by atoms with Gasteiger partial charge in [-0.25, -0.2) is 0 Å². The van der Waals surface area contributed by atoms with Gasteiger partial charge in [-0.1, -0.05) is 61.7 Å². The van der Waals surface area contributed by atoms with Crippen molar-refractivity contribution in [2.45, 2.75) is 50.5 Å². The van der Waals surface area contributed by atoms with E-state index in [1.807, 2.05) is 18.2 Å². The number of carbonyl (C=O) groups is 1. The van der Waals surface area contributed by atoms with Gasteiger partial charge in [-0.2, -0.15) is 0 Å². The highest BCUT2D eigenvalue weighted by molar-refractivity contribution is 5.91. The third-order valence-corrected chi connectivity index (χ3v) is 4.67. The third kappa shape index (κ3) is 3.33. The molecule has 0 bridgehead atoms. The fraction of sp³-hybridized carbons (Fsp3) is 0.421. The van der Waals surface area contributed by atoms with Crippen molar-refractivity contribution in [3.8, 4) is 0 Å². The summed E-state index contributed by atoms with van der Waals surface area (Å²) in [4.78, 5) is 12.4. The van der Waals surface area contributed by atoms with Crippen LogP contribution in [0.15, 0.2) is 42.5 Å². The van der Waals surface area contributed by atoms with Crippen LogP contribution in [0.25, 0.3) is 10.8 Å². The standard InChI is InChI=1S/C19H23NO/c20-19(11-4-1-5-12-19)14-17(21)13-16-9-6-8-15-7-2-3-10-18(15)16/h2-3,6-10H,1,4-5,11-14,20H2. The Morgan fingerprint density at radius 2 is 1.71 bits per heavy atom. The van der Waals surface area contributed by atoms with Gasteiger partial charge in [-0.3, -0.25) is 4.79 Å². The highest BCUT2D eigenvalue weighted by atomic mass is 16.1. The van der Waals surface area contributed by atoms with Crippen LogP contribution in [0.4, 0.5) is 0 Å². The van der Waals surface area contributed by atoms with Gasteiger partial charge in [0.05, 0.1) is 0 Å². The fourth-order valence-corrected chi connectivity index (χ4v) is 3.55. The molecule has 2 N–H and O–H groups in total. The lowest BCUT2D eigenvalue weighted by atomic mass is 9.78. The molecule has 110 valence electrons. The average Bonchev–Trinajstić information content (AvgIpc) is 2.48. The molecule has 3 rings (SSSR count). The van der Waals surface area contributed by atoms with Gasteiger partial charge in [0.25, 0.3) is 0 Å². The maximum absolute atomic E-state index is 12.4. The highest BCUT2D eigenvalue weighted by Gasteiger charge is 2.29. The summed E-state index contributed by atoms with van der Waals surface area (Å²) in [6.45, 7) is 0. The van der Waals surface area contributed by atoms with Crippen molar-refractivity contribution >= 4 is 16.6 Å². The summed E-state index contributed by atoms with van der Waals surface area (Å²) in [5.41, 5.74) is 7.28. The smallest absolute Gasteiger partial charge is 0.139 e. The Morgan fingerprint density at radius 3 is 2.52 bits per heavy atom. The molecular formula is C19H23NO. The second kappa shape index (κ2) is 5.98. The Kier molecular flexibility index (Phi) is 4.07. The van der Waals surface area contributed by atoms with E-state index in [2.05, 4.69) is 24.3 Å². The first kappa shape index (κ1) is 14.3. The van der Waals surface area contributed by atoms with Crippen LogP contribution in [0.5, 0.6) is 0 Å². The zero-order chi connectivity index (χ0) is 14.7. The van der Waals surface area contributed by atoms with E-state index in [4.69, 9.17) is 5.73 Å². The molecule has 1 aliphatic carbocycles. The molecule has 0 aliphatic heterocycles. The summed E-state index contributed by atoms with van der Waals surface area (Å²) < 4.78 is 0. The summed E-state index contributed by atoms with van der Waals surface area (Å²) in [7, 11) is 0. The number of hydrogen-bond donors (Lipinski definition) is 1. The molecule has 0 amide bonds. The van der Waals surface area contributed by atoms with Gasteiger partial charge in [0, 0.05) is 18.4 Å². The molecule has 0 heterocycles. The molecule has 0 unspecified atom stereocenters. The number of fused-ring (bicyclic) bond motifs is 1. The van der Waals surface area contributed by atoms with Crippen LogP contribution in [-0.4, -0.2) is 11.3 Å². The molecule has 2 nitrogen and oxygen atoms in total. The molecular weight excluding hydrogens is 258 g/mol. The fourth-order valence-electron chi connectivity index (χ4n) is 3.55. The lowest BCUT2D eigenvalue weighted by molar-refractivity contribution is -0.119. The largest absolute Gasteiger partial charge is 0.325 e. The van der Waals surface area contributed by atoms with E-state index in [-0.39, 0.29) is 11.3 Å². The number of benzene rings is 2. The third-order valence-electron chi connectivity index (χ3n) is 4.67. The summed E-state index contributed by atoms with van der Waals surface area (Å²) in [5, 5.41) is 2.38. The first-order valence-corrected chi connectivity index (χ1v) is 7.94. The highest BCUT2D eigenvalue weighted by Crippen LogP contribution is 2.29. The summed E-state index contributed by atoms with van der Waals surface area (Å²) >= 11 is 0. The Hall–Kier alpha value is -1.67. The van der Waals surface area contributed by atoms with Gasteiger partial charge in [0.2, 0.25) is 0 Å². The van der Waals surface area contributed by atoms with Crippen LogP contribution < -0.4 is 5.73 Å². The number of rotatable bonds is 4. The van der Waals surface area contributed by atoms with Crippen LogP contribution in [0, 0.1) is 0 Å². The molecule has 2 heteroatoms. The Morgan fingerprint density at radius 1 is 1.00 bits per heavy atom. The number of carbonyl (C=O) groups excluding carboxylic acids is 1. The van der Waals surface area contributed by atoms with Crippen molar-refractivity contribution in [1.82, 2.24) is 0 Å².